The molecule has 2 aromatic rings. The number of hydrogen-bond donors (Lipinski definition) is 3. The predicted octanol–water partition coefficient (Wildman–Crippen LogP) is 2.68. The number of carboxylic acids is 1. The van der Waals surface area contributed by atoms with Crippen LogP contribution in [0.5, 0.6) is 0 Å². The number of carboxylic acid groups (broad SMARTS) is 1. The summed E-state index contributed by atoms with van der Waals surface area (Å²) < 4.78 is 4.86. The molecule has 2 rings (SSSR count). The van der Waals surface area contributed by atoms with Crippen LogP contribution in [-0.4, -0.2) is 35.6 Å². The van der Waals surface area contributed by atoms with Crippen LogP contribution in [-0.2, 0) is 16.1 Å². The molecule has 1 atom stereocenters. The van der Waals surface area contributed by atoms with E-state index in [-0.39, 0.29) is 18.1 Å². The molecular weight excluding hydrogens is 348 g/mol. The van der Waals surface area contributed by atoms with Crippen molar-refractivity contribution in [3.63, 3.8) is 0 Å². The van der Waals surface area contributed by atoms with Gasteiger partial charge in [0.05, 0.1) is 12.2 Å². The predicted molar refractivity (Wildman–Crippen MR) is 101 cm³/mol. The fourth-order valence-electron chi connectivity index (χ4n) is 2.36. The summed E-state index contributed by atoms with van der Waals surface area (Å²) >= 11 is 0. The van der Waals surface area contributed by atoms with E-state index in [0.717, 1.165) is 11.3 Å². The van der Waals surface area contributed by atoms with Gasteiger partial charge in [0, 0.05) is 17.8 Å². The number of ether oxygens (including phenoxy) is 1. The summed E-state index contributed by atoms with van der Waals surface area (Å²) in [5.41, 5.74) is 2.27. The number of nitrogens with one attached hydrogen (secondary N) is 2. The second-order valence-corrected chi connectivity index (χ2v) is 5.88. The molecule has 142 valence electrons. The molecule has 0 spiro atoms. The number of amides is 1. The van der Waals surface area contributed by atoms with Crippen molar-refractivity contribution in [1.29, 1.82) is 0 Å². The Morgan fingerprint density at radius 2 is 1.78 bits per heavy atom. The van der Waals surface area contributed by atoms with Crippen LogP contribution in [0.3, 0.4) is 0 Å². The Hall–Kier alpha value is -3.35. The van der Waals surface area contributed by atoms with Crippen molar-refractivity contribution >= 4 is 23.5 Å². The molecule has 0 saturated carbocycles. The van der Waals surface area contributed by atoms with E-state index in [9.17, 15) is 14.4 Å². The van der Waals surface area contributed by atoms with Gasteiger partial charge in [0.1, 0.15) is 6.04 Å². The molecule has 1 unspecified atom stereocenters. The normalized spacial score (nSPS) is 11.3. The summed E-state index contributed by atoms with van der Waals surface area (Å²) in [7, 11) is 0. The summed E-state index contributed by atoms with van der Waals surface area (Å²) in [5, 5.41) is 14.8. The highest BCUT2D eigenvalue weighted by Crippen LogP contribution is 2.13. The lowest BCUT2D eigenvalue weighted by Gasteiger charge is -2.13. The molecule has 1 amide bonds. The molecule has 0 fully saturated rings. The summed E-state index contributed by atoms with van der Waals surface area (Å²) in [4.78, 5) is 34.7. The smallest absolute Gasteiger partial charge is 0.335 e. The van der Waals surface area contributed by atoms with Crippen molar-refractivity contribution in [2.45, 2.75) is 26.4 Å². The third-order valence-corrected chi connectivity index (χ3v) is 3.81. The van der Waals surface area contributed by atoms with Crippen molar-refractivity contribution in [3.05, 3.63) is 65.2 Å². The van der Waals surface area contributed by atoms with Gasteiger partial charge in [-0.05, 0) is 55.8 Å². The van der Waals surface area contributed by atoms with Gasteiger partial charge in [-0.1, -0.05) is 12.1 Å². The van der Waals surface area contributed by atoms with Gasteiger partial charge in [-0.2, -0.15) is 0 Å². The molecule has 7 nitrogen and oxygen atoms in total. The Balaban J connectivity index is 1.93. The number of hydrogen-bond acceptors (Lipinski definition) is 5. The van der Waals surface area contributed by atoms with Gasteiger partial charge in [-0.15, -0.1) is 0 Å². The summed E-state index contributed by atoms with van der Waals surface area (Å²) in [6.45, 7) is 3.98. The molecule has 0 aliphatic heterocycles. The van der Waals surface area contributed by atoms with E-state index in [2.05, 4.69) is 10.6 Å². The van der Waals surface area contributed by atoms with Crippen molar-refractivity contribution in [2.24, 2.45) is 0 Å². The first-order valence-electron chi connectivity index (χ1n) is 8.54. The van der Waals surface area contributed by atoms with E-state index < -0.39 is 18.0 Å². The molecule has 2 aromatic carbocycles. The molecule has 0 aliphatic rings. The van der Waals surface area contributed by atoms with Crippen LogP contribution in [0.4, 0.5) is 5.69 Å². The Labute approximate surface area is 157 Å². The van der Waals surface area contributed by atoms with Gasteiger partial charge in [-0.3, -0.25) is 4.79 Å². The average Bonchev–Trinajstić information content (AvgIpc) is 2.67. The van der Waals surface area contributed by atoms with Gasteiger partial charge < -0.3 is 20.5 Å². The first-order chi connectivity index (χ1) is 12.9. The minimum absolute atomic E-state index is 0.233. The van der Waals surface area contributed by atoms with Crippen LogP contribution in [0.15, 0.2) is 48.5 Å². The van der Waals surface area contributed by atoms with Gasteiger partial charge in [0.2, 0.25) is 0 Å². The van der Waals surface area contributed by atoms with Crippen LogP contribution < -0.4 is 10.6 Å². The number of benzene rings is 2. The van der Waals surface area contributed by atoms with Gasteiger partial charge in [-0.25, -0.2) is 9.59 Å². The molecule has 0 radical (unpaired) electrons. The highest BCUT2D eigenvalue weighted by Gasteiger charge is 2.17. The fraction of sp³-hybridized carbons (Fsp3) is 0.250. The van der Waals surface area contributed by atoms with Gasteiger partial charge in [0.25, 0.3) is 5.91 Å². The first kappa shape index (κ1) is 20.0. The maximum absolute atomic E-state index is 12.2. The van der Waals surface area contributed by atoms with Crippen LogP contribution in [0.2, 0.25) is 0 Å². The lowest BCUT2D eigenvalue weighted by atomic mass is 10.1. The minimum Gasteiger partial charge on any atom is -0.478 e. The Bertz CT molecular complexity index is 817. The molecule has 0 heterocycles. The van der Waals surface area contributed by atoms with Gasteiger partial charge in [0.15, 0.2) is 0 Å². The Kier molecular flexibility index (Phi) is 6.93. The van der Waals surface area contributed by atoms with Crippen molar-refractivity contribution in [2.75, 3.05) is 11.9 Å². The lowest BCUT2D eigenvalue weighted by Crippen LogP contribution is -2.39. The SMILES string of the molecule is CCOC(=O)C(C)NC(=O)c1ccc(NCc2cccc(C(=O)O)c2)cc1. The molecule has 0 aromatic heterocycles. The standard InChI is InChI=1S/C20H22N2O5/c1-3-27-20(26)13(2)22-18(23)15-7-9-17(10-8-15)21-12-14-5-4-6-16(11-14)19(24)25/h4-11,13,21H,3,12H2,1-2H3,(H,22,23)(H,24,25). The van der Waals surface area contributed by atoms with Crippen molar-refractivity contribution in [1.82, 2.24) is 5.32 Å². The maximum atomic E-state index is 12.2. The molecule has 0 aliphatic carbocycles. The second-order valence-electron chi connectivity index (χ2n) is 5.88. The van der Waals surface area contributed by atoms with E-state index in [1.54, 1.807) is 50.2 Å². The number of carbonyl (C=O) groups excluding carboxylic acids is 2. The number of anilines is 1. The zero-order valence-electron chi connectivity index (χ0n) is 15.2. The average molecular weight is 370 g/mol. The highest BCUT2D eigenvalue weighted by molar-refractivity contribution is 5.97. The van der Waals surface area contributed by atoms with E-state index in [1.807, 2.05) is 6.07 Å². The van der Waals surface area contributed by atoms with Crippen LogP contribution in [0, 0.1) is 0 Å². The van der Waals surface area contributed by atoms with Crippen molar-refractivity contribution < 1.29 is 24.2 Å². The zero-order valence-corrected chi connectivity index (χ0v) is 15.2. The third kappa shape index (κ3) is 5.85. The van der Waals surface area contributed by atoms with E-state index in [4.69, 9.17) is 9.84 Å². The zero-order chi connectivity index (χ0) is 19.8. The van der Waals surface area contributed by atoms with Crippen molar-refractivity contribution in [3.8, 4) is 0 Å². The largest absolute Gasteiger partial charge is 0.478 e. The van der Waals surface area contributed by atoms with Gasteiger partial charge >= 0.3 is 11.9 Å². The number of rotatable bonds is 8. The molecular formula is C20H22N2O5. The van der Waals surface area contributed by atoms with E-state index in [1.165, 1.54) is 6.07 Å². The summed E-state index contributed by atoms with van der Waals surface area (Å²) in [5.74, 6) is -1.81. The first-order valence-corrected chi connectivity index (χ1v) is 8.54. The monoisotopic (exact) mass is 370 g/mol. The van der Waals surface area contributed by atoms with E-state index in [0.29, 0.717) is 12.1 Å². The number of esters is 1. The quantitative estimate of drug-likeness (QED) is 0.617. The molecule has 27 heavy (non-hydrogen) atoms. The minimum atomic E-state index is -0.968. The molecule has 3 N–H and O–H groups in total. The summed E-state index contributed by atoms with van der Waals surface area (Å²) in [6.07, 6.45) is 0. The van der Waals surface area contributed by atoms with Crippen LogP contribution in [0.1, 0.15) is 40.1 Å². The third-order valence-electron chi connectivity index (χ3n) is 3.81. The lowest BCUT2D eigenvalue weighted by molar-refractivity contribution is -0.144. The second kappa shape index (κ2) is 9.38. The molecule has 0 saturated heterocycles. The molecule has 0 bridgehead atoms. The topological polar surface area (TPSA) is 105 Å². The number of aromatic carboxylic acids is 1. The Morgan fingerprint density at radius 3 is 2.41 bits per heavy atom. The molecule has 7 heteroatoms. The van der Waals surface area contributed by atoms with E-state index >= 15 is 0 Å². The van der Waals surface area contributed by atoms with Crippen LogP contribution in [0.25, 0.3) is 0 Å². The van der Waals surface area contributed by atoms with Crippen LogP contribution >= 0.6 is 0 Å². The fourth-order valence-corrected chi connectivity index (χ4v) is 2.36. The Morgan fingerprint density at radius 1 is 1.07 bits per heavy atom. The highest BCUT2D eigenvalue weighted by atomic mass is 16.5. The summed E-state index contributed by atoms with van der Waals surface area (Å²) in [6, 6.07) is 12.7. The number of carbonyl (C=O) groups is 3. The maximum Gasteiger partial charge on any atom is 0.335 e.